The molecule has 1 aliphatic rings. The highest BCUT2D eigenvalue weighted by Gasteiger charge is 2.29. The van der Waals surface area contributed by atoms with E-state index in [1.165, 1.54) is 12.0 Å². The van der Waals surface area contributed by atoms with Crippen molar-refractivity contribution in [2.75, 3.05) is 6.54 Å². The van der Waals surface area contributed by atoms with Crippen molar-refractivity contribution in [3.8, 4) is 0 Å². The van der Waals surface area contributed by atoms with Crippen LogP contribution in [0.15, 0.2) is 24.3 Å². The Hall–Kier alpha value is -0.570. The molecule has 1 aromatic rings. The van der Waals surface area contributed by atoms with E-state index in [4.69, 9.17) is 11.6 Å². The lowest BCUT2D eigenvalue weighted by Crippen LogP contribution is -2.42. The van der Waals surface area contributed by atoms with Gasteiger partial charge in [0.05, 0.1) is 5.60 Å². The van der Waals surface area contributed by atoms with Gasteiger partial charge >= 0.3 is 0 Å². The molecule has 3 heteroatoms. The fraction of sp³-hybridized carbons (Fsp3) is 0.600. The van der Waals surface area contributed by atoms with Gasteiger partial charge in [0.25, 0.3) is 0 Å². The van der Waals surface area contributed by atoms with E-state index in [1.54, 1.807) is 0 Å². The van der Waals surface area contributed by atoms with Crippen LogP contribution in [-0.2, 0) is 0 Å². The first-order valence-corrected chi connectivity index (χ1v) is 7.18. The smallest absolute Gasteiger partial charge is 0.0771 e. The molecule has 2 N–H and O–H groups in total. The molecule has 0 heterocycles. The Kier molecular flexibility index (Phi) is 4.66. The maximum atomic E-state index is 10.4. The van der Waals surface area contributed by atoms with Gasteiger partial charge in [-0.2, -0.15) is 0 Å². The third-order valence-corrected chi connectivity index (χ3v) is 4.14. The van der Waals surface area contributed by atoms with Crippen LogP contribution in [-0.4, -0.2) is 17.3 Å². The van der Waals surface area contributed by atoms with E-state index in [-0.39, 0.29) is 6.04 Å². The predicted octanol–water partition coefficient (Wildman–Crippen LogP) is 3.69. The van der Waals surface area contributed by atoms with Crippen LogP contribution in [0.1, 0.15) is 50.6 Å². The molecule has 1 atom stereocenters. The van der Waals surface area contributed by atoms with E-state index < -0.39 is 5.60 Å². The summed E-state index contributed by atoms with van der Waals surface area (Å²) in [5, 5.41) is 14.6. The second-order valence-corrected chi connectivity index (χ2v) is 5.88. The molecule has 0 aromatic heterocycles. The lowest BCUT2D eigenvalue weighted by molar-refractivity contribution is 0.00300. The minimum atomic E-state index is -0.501. The summed E-state index contributed by atoms with van der Waals surface area (Å²) in [5.41, 5.74) is 0.706. The van der Waals surface area contributed by atoms with Crippen molar-refractivity contribution in [2.45, 2.75) is 50.7 Å². The maximum Gasteiger partial charge on any atom is 0.0771 e. The molecule has 18 heavy (non-hydrogen) atoms. The van der Waals surface area contributed by atoms with Gasteiger partial charge in [-0.1, -0.05) is 43.0 Å². The first-order valence-electron chi connectivity index (χ1n) is 6.80. The van der Waals surface area contributed by atoms with Crippen molar-refractivity contribution < 1.29 is 5.11 Å². The Morgan fingerprint density at radius 1 is 1.22 bits per heavy atom. The van der Waals surface area contributed by atoms with Gasteiger partial charge in [0.1, 0.15) is 0 Å². The van der Waals surface area contributed by atoms with E-state index in [9.17, 15) is 5.11 Å². The number of aliphatic hydroxyl groups is 1. The average Bonchev–Trinajstić information content (AvgIpc) is 2.38. The number of benzene rings is 1. The quantitative estimate of drug-likeness (QED) is 0.872. The summed E-state index contributed by atoms with van der Waals surface area (Å²) in [6, 6.07) is 8.12. The van der Waals surface area contributed by atoms with Crippen LogP contribution < -0.4 is 5.32 Å². The van der Waals surface area contributed by atoms with Crippen molar-refractivity contribution in [1.82, 2.24) is 5.32 Å². The molecular weight excluding hydrogens is 246 g/mol. The number of hydrogen-bond donors (Lipinski definition) is 2. The van der Waals surface area contributed by atoms with Gasteiger partial charge in [0, 0.05) is 17.6 Å². The van der Waals surface area contributed by atoms with E-state index >= 15 is 0 Å². The predicted molar refractivity (Wildman–Crippen MR) is 75.9 cm³/mol. The van der Waals surface area contributed by atoms with Gasteiger partial charge in [-0.15, -0.1) is 0 Å². The Morgan fingerprint density at radius 2 is 1.83 bits per heavy atom. The fourth-order valence-corrected chi connectivity index (χ4v) is 2.73. The van der Waals surface area contributed by atoms with Crippen molar-refractivity contribution >= 4 is 11.6 Å². The fourth-order valence-electron chi connectivity index (χ4n) is 2.60. The van der Waals surface area contributed by atoms with Crippen LogP contribution in [0.4, 0.5) is 0 Å². The monoisotopic (exact) mass is 267 g/mol. The largest absolute Gasteiger partial charge is 0.389 e. The molecule has 0 spiro atoms. The zero-order valence-corrected chi connectivity index (χ0v) is 11.7. The number of halogens is 1. The molecule has 0 radical (unpaired) electrons. The SMILES string of the molecule is C[C@@H](NCC1(O)CCCCC1)c1ccc(Cl)cc1. The molecular formula is C15H22ClNO. The standard InChI is InChI=1S/C15H22ClNO/c1-12(13-5-7-14(16)8-6-13)17-11-15(18)9-3-2-4-10-15/h5-8,12,17-18H,2-4,9-11H2,1H3/t12-/m1/s1. The topological polar surface area (TPSA) is 32.3 Å². The summed E-state index contributed by atoms with van der Waals surface area (Å²) in [7, 11) is 0. The molecule has 1 aromatic carbocycles. The highest BCUT2D eigenvalue weighted by Crippen LogP contribution is 2.28. The highest BCUT2D eigenvalue weighted by molar-refractivity contribution is 6.30. The molecule has 1 saturated carbocycles. The first kappa shape index (κ1) is 13.9. The highest BCUT2D eigenvalue weighted by atomic mass is 35.5. The van der Waals surface area contributed by atoms with Crippen LogP contribution in [0, 0.1) is 0 Å². The second kappa shape index (κ2) is 6.05. The van der Waals surface area contributed by atoms with Gasteiger partial charge in [0.15, 0.2) is 0 Å². The molecule has 1 aliphatic carbocycles. The van der Waals surface area contributed by atoms with Gasteiger partial charge < -0.3 is 10.4 Å². The lowest BCUT2D eigenvalue weighted by atomic mass is 9.84. The Balaban J connectivity index is 1.87. The van der Waals surface area contributed by atoms with Crippen LogP contribution in [0.2, 0.25) is 5.02 Å². The van der Waals surface area contributed by atoms with Crippen molar-refractivity contribution in [1.29, 1.82) is 0 Å². The van der Waals surface area contributed by atoms with Crippen molar-refractivity contribution in [3.63, 3.8) is 0 Å². The van der Waals surface area contributed by atoms with Gasteiger partial charge in [-0.05, 0) is 37.5 Å². The summed E-state index contributed by atoms with van der Waals surface area (Å²) in [6.45, 7) is 2.80. The van der Waals surface area contributed by atoms with E-state index in [0.717, 1.165) is 30.7 Å². The molecule has 0 bridgehead atoms. The minimum Gasteiger partial charge on any atom is -0.389 e. The molecule has 0 unspecified atom stereocenters. The number of nitrogens with one attached hydrogen (secondary N) is 1. The molecule has 2 nitrogen and oxygen atoms in total. The number of hydrogen-bond acceptors (Lipinski definition) is 2. The minimum absolute atomic E-state index is 0.244. The molecule has 0 aliphatic heterocycles. The summed E-state index contributed by atoms with van der Waals surface area (Å²) in [4.78, 5) is 0. The third kappa shape index (κ3) is 3.71. The number of rotatable bonds is 4. The Labute approximate surface area is 114 Å². The summed E-state index contributed by atoms with van der Waals surface area (Å²) >= 11 is 5.88. The van der Waals surface area contributed by atoms with Crippen LogP contribution in [0.5, 0.6) is 0 Å². The van der Waals surface area contributed by atoms with Crippen LogP contribution in [0.25, 0.3) is 0 Å². The van der Waals surface area contributed by atoms with Gasteiger partial charge in [0.2, 0.25) is 0 Å². The van der Waals surface area contributed by atoms with Crippen molar-refractivity contribution in [2.24, 2.45) is 0 Å². The second-order valence-electron chi connectivity index (χ2n) is 5.44. The molecule has 1 fully saturated rings. The van der Waals surface area contributed by atoms with Gasteiger partial charge in [-0.3, -0.25) is 0 Å². The summed E-state index contributed by atoms with van der Waals surface area (Å²) in [6.07, 6.45) is 5.40. The third-order valence-electron chi connectivity index (χ3n) is 3.89. The van der Waals surface area contributed by atoms with Crippen LogP contribution >= 0.6 is 11.6 Å². The van der Waals surface area contributed by atoms with E-state index in [0.29, 0.717) is 6.54 Å². The van der Waals surface area contributed by atoms with E-state index in [1.807, 2.05) is 24.3 Å². The maximum absolute atomic E-state index is 10.4. The molecule has 2 rings (SSSR count). The zero-order chi connectivity index (χ0) is 13.0. The zero-order valence-electron chi connectivity index (χ0n) is 11.0. The molecule has 0 amide bonds. The lowest BCUT2D eigenvalue weighted by Gasteiger charge is -2.33. The normalized spacial score (nSPS) is 20.6. The first-order chi connectivity index (χ1) is 8.59. The molecule has 0 saturated heterocycles. The van der Waals surface area contributed by atoms with Crippen molar-refractivity contribution in [3.05, 3.63) is 34.9 Å². The van der Waals surface area contributed by atoms with Crippen LogP contribution in [0.3, 0.4) is 0 Å². The Morgan fingerprint density at radius 3 is 2.44 bits per heavy atom. The van der Waals surface area contributed by atoms with E-state index in [2.05, 4.69) is 12.2 Å². The Bertz CT molecular complexity index is 371. The molecule has 100 valence electrons. The van der Waals surface area contributed by atoms with Gasteiger partial charge in [-0.25, -0.2) is 0 Å². The average molecular weight is 268 g/mol. The summed E-state index contributed by atoms with van der Waals surface area (Å²) in [5.74, 6) is 0. The summed E-state index contributed by atoms with van der Waals surface area (Å²) < 4.78 is 0.